The molecule has 1 aliphatic heterocycles. The van der Waals surface area contributed by atoms with Gasteiger partial charge in [-0.2, -0.15) is 0 Å². The molecule has 0 radical (unpaired) electrons. The van der Waals surface area contributed by atoms with Crippen molar-refractivity contribution >= 4 is 5.82 Å². The fourth-order valence-corrected chi connectivity index (χ4v) is 2.83. The van der Waals surface area contributed by atoms with Crippen LogP contribution in [-0.2, 0) is 11.3 Å². The van der Waals surface area contributed by atoms with Crippen molar-refractivity contribution in [3.8, 4) is 0 Å². The third-order valence-electron chi connectivity index (χ3n) is 4.09. The summed E-state index contributed by atoms with van der Waals surface area (Å²) in [5, 5.41) is 3.44. The topological polar surface area (TPSA) is 37.4 Å². The first-order valence-corrected chi connectivity index (χ1v) is 8.28. The van der Waals surface area contributed by atoms with E-state index in [4.69, 9.17) is 9.72 Å². The van der Waals surface area contributed by atoms with E-state index >= 15 is 0 Å². The zero-order valence-corrected chi connectivity index (χ0v) is 13.7. The summed E-state index contributed by atoms with van der Waals surface area (Å²) in [6.07, 6.45) is 3.81. The molecule has 0 amide bonds. The maximum absolute atomic E-state index is 5.71. The Bertz CT molecular complexity index is 428. The Morgan fingerprint density at radius 1 is 1.29 bits per heavy atom. The maximum atomic E-state index is 5.71. The number of hydrogen-bond acceptors (Lipinski definition) is 4. The van der Waals surface area contributed by atoms with Gasteiger partial charge in [0.05, 0.1) is 6.10 Å². The zero-order chi connectivity index (χ0) is 15.1. The van der Waals surface area contributed by atoms with E-state index in [0.717, 1.165) is 57.1 Å². The predicted molar refractivity (Wildman–Crippen MR) is 87.8 cm³/mol. The van der Waals surface area contributed by atoms with Crippen molar-refractivity contribution in [1.82, 2.24) is 10.3 Å². The summed E-state index contributed by atoms with van der Waals surface area (Å²) in [4.78, 5) is 7.17. The zero-order valence-electron chi connectivity index (χ0n) is 13.7. The van der Waals surface area contributed by atoms with Gasteiger partial charge < -0.3 is 15.0 Å². The summed E-state index contributed by atoms with van der Waals surface area (Å²) in [5.74, 6) is 1.11. The minimum Gasteiger partial charge on any atom is -0.378 e. The maximum Gasteiger partial charge on any atom is 0.128 e. The Kier molecular flexibility index (Phi) is 6.46. The molecule has 0 atom stereocenters. The SMILES string of the molecule is CCCNCc1ccc(N2CCC(OCC)CC2)nc1C. The minimum absolute atomic E-state index is 0.435. The van der Waals surface area contributed by atoms with Gasteiger partial charge in [-0.15, -0.1) is 0 Å². The molecule has 21 heavy (non-hydrogen) atoms. The quantitative estimate of drug-likeness (QED) is 0.784. The van der Waals surface area contributed by atoms with Crippen LogP contribution < -0.4 is 10.2 Å². The Balaban J connectivity index is 1.91. The Morgan fingerprint density at radius 2 is 2.05 bits per heavy atom. The molecule has 1 saturated heterocycles. The van der Waals surface area contributed by atoms with Crippen LogP contribution in [-0.4, -0.2) is 37.3 Å². The van der Waals surface area contributed by atoms with Crippen molar-refractivity contribution in [1.29, 1.82) is 0 Å². The second-order valence-corrected chi connectivity index (χ2v) is 5.73. The Labute approximate surface area is 128 Å². The van der Waals surface area contributed by atoms with Crippen molar-refractivity contribution in [2.75, 3.05) is 31.1 Å². The van der Waals surface area contributed by atoms with Crippen LogP contribution in [0.5, 0.6) is 0 Å². The number of aromatic nitrogens is 1. The molecule has 4 heteroatoms. The standard InChI is InChI=1S/C17H29N3O/c1-4-10-18-13-15-6-7-17(19-14(15)3)20-11-8-16(9-12-20)21-5-2/h6-7,16,18H,4-5,8-13H2,1-3H3. The molecule has 1 N–H and O–H groups in total. The molecule has 1 aromatic rings. The Hall–Kier alpha value is -1.13. The van der Waals surface area contributed by atoms with Crippen molar-refractivity contribution in [2.24, 2.45) is 0 Å². The lowest BCUT2D eigenvalue weighted by atomic mass is 10.1. The minimum atomic E-state index is 0.435. The molecule has 0 spiro atoms. The Morgan fingerprint density at radius 3 is 2.67 bits per heavy atom. The first-order valence-electron chi connectivity index (χ1n) is 8.28. The molecule has 1 aromatic heterocycles. The highest BCUT2D eigenvalue weighted by atomic mass is 16.5. The largest absolute Gasteiger partial charge is 0.378 e. The number of piperidine rings is 1. The van der Waals surface area contributed by atoms with Gasteiger partial charge >= 0.3 is 0 Å². The van der Waals surface area contributed by atoms with Gasteiger partial charge in [0.15, 0.2) is 0 Å². The van der Waals surface area contributed by atoms with Crippen LogP contribution in [0.4, 0.5) is 5.82 Å². The van der Waals surface area contributed by atoms with Gasteiger partial charge in [-0.25, -0.2) is 4.98 Å². The second kappa shape index (κ2) is 8.35. The van der Waals surface area contributed by atoms with Gasteiger partial charge in [-0.05, 0) is 51.3 Å². The molecule has 0 saturated carbocycles. The number of ether oxygens (including phenoxy) is 1. The van der Waals surface area contributed by atoms with Crippen LogP contribution >= 0.6 is 0 Å². The summed E-state index contributed by atoms with van der Waals surface area (Å²) in [5.41, 5.74) is 2.44. The highest BCUT2D eigenvalue weighted by molar-refractivity contribution is 5.42. The van der Waals surface area contributed by atoms with Crippen LogP contribution in [0.25, 0.3) is 0 Å². The van der Waals surface area contributed by atoms with Gasteiger partial charge in [0.2, 0.25) is 0 Å². The first kappa shape index (κ1) is 16.2. The van der Waals surface area contributed by atoms with Gasteiger partial charge in [0.1, 0.15) is 5.82 Å². The third-order valence-corrected chi connectivity index (χ3v) is 4.09. The van der Waals surface area contributed by atoms with Crippen LogP contribution in [0.2, 0.25) is 0 Å². The molecule has 0 unspecified atom stereocenters. The lowest BCUT2D eigenvalue weighted by molar-refractivity contribution is 0.0458. The van der Waals surface area contributed by atoms with E-state index in [2.05, 4.69) is 43.1 Å². The van der Waals surface area contributed by atoms with Crippen LogP contribution in [0.3, 0.4) is 0 Å². The lowest BCUT2D eigenvalue weighted by Crippen LogP contribution is -2.37. The lowest BCUT2D eigenvalue weighted by Gasteiger charge is -2.32. The third kappa shape index (κ3) is 4.68. The van der Waals surface area contributed by atoms with Crippen molar-refractivity contribution in [3.63, 3.8) is 0 Å². The molecule has 0 aromatic carbocycles. The van der Waals surface area contributed by atoms with Gasteiger partial charge in [-0.1, -0.05) is 13.0 Å². The van der Waals surface area contributed by atoms with Gasteiger partial charge in [0.25, 0.3) is 0 Å². The molecule has 2 rings (SSSR count). The highest BCUT2D eigenvalue weighted by Crippen LogP contribution is 2.21. The van der Waals surface area contributed by atoms with Gasteiger partial charge in [-0.3, -0.25) is 0 Å². The van der Waals surface area contributed by atoms with Crippen molar-refractivity contribution in [2.45, 2.75) is 52.7 Å². The molecular formula is C17H29N3O. The summed E-state index contributed by atoms with van der Waals surface area (Å²) in [7, 11) is 0. The van der Waals surface area contributed by atoms with E-state index in [1.54, 1.807) is 0 Å². The smallest absolute Gasteiger partial charge is 0.128 e. The molecule has 2 heterocycles. The number of hydrogen-bond donors (Lipinski definition) is 1. The van der Waals surface area contributed by atoms with E-state index in [1.807, 2.05) is 0 Å². The summed E-state index contributed by atoms with van der Waals surface area (Å²) in [6, 6.07) is 4.38. The normalized spacial score (nSPS) is 16.4. The van der Waals surface area contributed by atoms with Crippen LogP contribution in [0.15, 0.2) is 12.1 Å². The van der Waals surface area contributed by atoms with Crippen LogP contribution in [0, 0.1) is 6.92 Å². The van der Waals surface area contributed by atoms with E-state index in [1.165, 1.54) is 12.0 Å². The second-order valence-electron chi connectivity index (χ2n) is 5.73. The summed E-state index contributed by atoms with van der Waals surface area (Å²) >= 11 is 0. The predicted octanol–water partition coefficient (Wildman–Crippen LogP) is 2.89. The number of nitrogens with one attached hydrogen (secondary N) is 1. The fourth-order valence-electron chi connectivity index (χ4n) is 2.83. The number of aryl methyl sites for hydroxylation is 1. The molecule has 0 aliphatic carbocycles. The molecule has 1 aliphatic rings. The van der Waals surface area contributed by atoms with E-state index in [0.29, 0.717) is 6.10 Å². The summed E-state index contributed by atoms with van der Waals surface area (Å²) in [6.45, 7) is 11.3. The van der Waals surface area contributed by atoms with E-state index in [-0.39, 0.29) is 0 Å². The van der Waals surface area contributed by atoms with E-state index in [9.17, 15) is 0 Å². The number of nitrogens with zero attached hydrogens (tertiary/aromatic N) is 2. The van der Waals surface area contributed by atoms with Crippen molar-refractivity contribution < 1.29 is 4.74 Å². The highest BCUT2D eigenvalue weighted by Gasteiger charge is 2.20. The molecule has 118 valence electrons. The number of anilines is 1. The molecule has 0 bridgehead atoms. The fraction of sp³-hybridized carbons (Fsp3) is 0.706. The molecule has 4 nitrogen and oxygen atoms in total. The number of rotatable bonds is 7. The van der Waals surface area contributed by atoms with Gasteiger partial charge in [0, 0.05) is 31.9 Å². The van der Waals surface area contributed by atoms with Crippen molar-refractivity contribution in [3.05, 3.63) is 23.4 Å². The molecule has 1 fully saturated rings. The average molecular weight is 291 g/mol. The molecular weight excluding hydrogens is 262 g/mol. The summed E-state index contributed by atoms with van der Waals surface area (Å²) < 4.78 is 5.71. The average Bonchev–Trinajstić information content (AvgIpc) is 2.50. The first-order chi connectivity index (χ1) is 10.2. The monoisotopic (exact) mass is 291 g/mol. The van der Waals surface area contributed by atoms with E-state index < -0.39 is 0 Å². The van der Waals surface area contributed by atoms with Crippen LogP contribution in [0.1, 0.15) is 44.4 Å². The number of pyridine rings is 1.